The second-order valence-corrected chi connectivity index (χ2v) is 7.85. The topological polar surface area (TPSA) is 49.4 Å². The Morgan fingerprint density at radius 2 is 1.84 bits per heavy atom. The molecule has 4 nitrogen and oxygen atoms in total. The highest BCUT2D eigenvalue weighted by atomic mass is 35.5. The number of nitrogens with one attached hydrogen (secondary N) is 1. The third-order valence-electron chi connectivity index (χ3n) is 4.01. The molecule has 6 heteroatoms. The Labute approximate surface area is 157 Å². The Morgan fingerprint density at radius 3 is 2.44 bits per heavy atom. The van der Waals surface area contributed by atoms with Gasteiger partial charge in [-0.1, -0.05) is 41.9 Å². The molecule has 1 aromatic carbocycles. The highest BCUT2D eigenvalue weighted by Gasteiger charge is 2.15. The van der Waals surface area contributed by atoms with E-state index in [0.29, 0.717) is 15.8 Å². The minimum atomic E-state index is -0.101. The van der Waals surface area contributed by atoms with Gasteiger partial charge in [-0.3, -0.25) is 9.59 Å². The van der Waals surface area contributed by atoms with Crippen LogP contribution in [0.25, 0.3) is 0 Å². The van der Waals surface area contributed by atoms with E-state index in [4.69, 9.17) is 11.6 Å². The van der Waals surface area contributed by atoms with Crippen molar-refractivity contribution in [3.8, 4) is 0 Å². The fraction of sp³-hybridized carbons (Fsp3) is 0.368. The number of carbonyl (C=O) groups excluding carboxylic acids is 2. The molecule has 0 radical (unpaired) electrons. The second kappa shape index (κ2) is 9.70. The number of halogens is 1. The first-order valence-corrected chi connectivity index (χ1v) is 9.40. The summed E-state index contributed by atoms with van der Waals surface area (Å²) in [6.45, 7) is 0.555. The third-order valence-corrected chi connectivity index (χ3v) is 5.28. The van der Waals surface area contributed by atoms with Gasteiger partial charge in [0, 0.05) is 25.4 Å². The maximum Gasteiger partial charge on any atom is 0.220 e. The zero-order chi connectivity index (χ0) is 18.2. The molecule has 2 aromatic rings. The summed E-state index contributed by atoms with van der Waals surface area (Å²) in [5.74, 6) is -0.142. The minimum absolute atomic E-state index is 0.0412. The lowest BCUT2D eigenvalue weighted by Gasteiger charge is -2.24. The van der Waals surface area contributed by atoms with Crippen molar-refractivity contribution in [2.24, 2.45) is 0 Å². The first-order valence-electron chi connectivity index (χ1n) is 8.21. The number of thiophene rings is 1. The van der Waals surface area contributed by atoms with E-state index in [-0.39, 0.29) is 30.6 Å². The van der Waals surface area contributed by atoms with Crippen molar-refractivity contribution in [3.05, 3.63) is 57.2 Å². The molecule has 0 aliphatic carbocycles. The number of hydrogen-bond acceptors (Lipinski definition) is 4. The molecular weight excluding hydrogens is 356 g/mol. The number of amides is 1. The van der Waals surface area contributed by atoms with Crippen LogP contribution in [-0.2, 0) is 11.2 Å². The number of carbonyl (C=O) groups is 2. The summed E-state index contributed by atoms with van der Waals surface area (Å²) in [6.07, 6.45) is 1.26. The van der Waals surface area contributed by atoms with Crippen molar-refractivity contribution < 1.29 is 9.59 Å². The van der Waals surface area contributed by atoms with Gasteiger partial charge >= 0.3 is 0 Å². The van der Waals surface area contributed by atoms with Crippen molar-refractivity contribution in [2.45, 2.75) is 25.3 Å². The number of ketones is 1. The lowest BCUT2D eigenvalue weighted by atomic mass is 10.1. The van der Waals surface area contributed by atoms with E-state index in [0.717, 1.165) is 6.42 Å². The van der Waals surface area contributed by atoms with Crippen LogP contribution in [0.3, 0.4) is 0 Å². The van der Waals surface area contributed by atoms with E-state index in [1.807, 2.05) is 32.3 Å². The fourth-order valence-electron chi connectivity index (χ4n) is 2.46. The predicted octanol–water partition coefficient (Wildman–Crippen LogP) is 3.65. The van der Waals surface area contributed by atoms with Crippen LogP contribution in [0.5, 0.6) is 0 Å². The van der Waals surface area contributed by atoms with Crippen molar-refractivity contribution in [3.63, 3.8) is 0 Å². The summed E-state index contributed by atoms with van der Waals surface area (Å²) in [4.78, 5) is 26.8. The Hall–Kier alpha value is -1.69. The molecule has 2 rings (SSSR count). The molecule has 1 amide bonds. The van der Waals surface area contributed by atoms with Crippen molar-refractivity contribution >= 4 is 34.6 Å². The number of rotatable bonds is 9. The van der Waals surface area contributed by atoms with E-state index in [2.05, 4.69) is 22.3 Å². The molecule has 0 aliphatic rings. The summed E-state index contributed by atoms with van der Waals surface area (Å²) in [5, 5.41) is 2.94. The Bertz CT molecular complexity index is 700. The van der Waals surface area contributed by atoms with Gasteiger partial charge < -0.3 is 10.2 Å². The molecule has 0 bridgehead atoms. The highest BCUT2D eigenvalue weighted by molar-refractivity contribution is 7.18. The standard InChI is InChI=1S/C19H23ClN2O2S/c1-22(2)15(12-14-6-4-3-5-7-14)13-21-19(24)11-8-16(23)17-9-10-18(20)25-17/h3-7,9-10,15H,8,11-13H2,1-2H3,(H,21,24)/t15-/m1/s1. The van der Waals surface area contributed by atoms with Gasteiger partial charge in [-0.2, -0.15) is 0 Å². The molecule has 0 aliphatic heterocycles. The summed E-state index contributed by atoms with van der Waals surface area (Å²) in [7, 11) is 4.01. The molecule has 1 N–H and O–H groups in total. The lowest BCUT2D eigenvalue weighted by molar-refractivity contribution is -0.121. The zero-order valence-corrected chi connectivity index (χ0v) is 16.1. The lowest BCUT2D eigenvalue weighted by Crippen LogP contribution is -2.41. The number of benzene rings is 1. The number of likely N-dealkylation sites (N-methyl/N-ethyl adjacent to an activating group) is 1. The normalized spacial score (nSPS) is 12.2. The van der Waals surface area contributed by atoms with Crippen LogP contribution >= 0.6 is 22.9 Å². The minimum Gasteiger partial charge on any atom is -0.355 e. The Morgan fingerprint density at radius 1 is 1.12 bits per heavy atom. The monoisotopic (exact) mass is 378 g/mol. The van der Waals surface area contributed by atoms with Crippen LogP contribution in [0.2, 0.25) is 4.34 Å². The quantitative estimate of drug-likeness (QED) is 0.677. The number of nitrogens with zero attached hydrogens (tertiary/aromatic N) is 1. The maximum atomic E-state index is 12.1. The SMILES string of the molecule is CN(C)[C@@H](CNC(=O)CCC(=O)c1ccc(Cl)s1)Cc1ccccc1. The molecule has 0 unspecified atom stereocenters. The van der Waals surface area contributed by atoms with Gasteiger partial charge in [0.15, 0.2) is 5.78 Å². The highest BCUT2D eigenvalue weighted by Crippen LogP contribution is 2.22. The Kier molecular flexibility index (Phi) is 7.62. The van der Waals surface area contributed by atoms with Gasteiger partial charge in [0.2, 0.25) is 5.91 Å². The molecule has 134 valence electrons. The van der Waals surface area contributed by atoms with Crippen molar-refractivity contribution in [1.82, 2.24) is 10.2 Å². The third kappa shape index (κ3) is 6.61. The van der Waals surface area contributed by atoms with Crippen LogP contribution in [0, 0.1) is 0 Å². The second-order valence-electron chi connectivity index (χ2n) is 6.14. The van der Waals surface area contributed by atoms with Crippen LogP contribution in [0.4, 0.5) is 0 Å². The summed E-state index contributed by atoms with van der Waals surface area (Å²) >= 11 is 7.08. The average molecular weight is 379 g/mol. The van der Waals surface area contributed by atoms with Crippen LogP contribution < -0.4 is 5.32 Å². The van der Waals surface area contributed by atoms with Crippen LogP contribution in [-0.4, -0.2) is 43.3 Å². The van der Waals surface area contributed by atoms with E-state index in [1.165, 1.54) is 16.9 Å². The Balaban J connectivity index is 1.77. The molecule has 0 saturated carbocycles. The molecule has 0 saturated heterocycles. The molecule has 0 spiro atoms. The van der Waals surface area contributed by atoms with E-state index < -0.39 is 0 Å². The summed E-state index contributed by atoms with van der Waals surface area (Å²) in [5.41, 5.74) is 1.24. The van der Waals surface area contributed by atoms with Gasteiger partial charge in [0.05, 0.1) is 9.21 Å². The van der Waals surface area contributed by atoms with Gasteiger partial charge in [0.1, 0.15) is 0 Å². The molecule has 1 heterocycles. The van der Waals surface area contributed by atoms with E-state index >= 15 is 0 Å². The smallest absolute Gasteiger partial charge is 0.220 e. The summed E-state index contributed by atoms with van der Waals surface area (Å²) < 4.78 is 0.586. The molecule has 25 heavy (non-hydrogen) atoms. The maximum absolute atomic E-state index is 12.1. The van der Waals surface area contributed by atoms with E-state index in [9.17, 15) is 9.59 Å². The predicted molar refractivity (Wildman–Crippen MR) is 104 cm³/mol. The van der Waals surface area contributed by atoms with Crippen molar-refractivity contribution in [2.75, 3.05) is 20.6 Å². The molecule has 1 aromatic heterocycles. The van der Waals surface area contributed by atoms with Crippen molar-refractivity contribution in [1.29, 1.82) is 0 Å². The van der Waals surface area contributed by atoms with Gasteiger partial charge in [-0.25, -0.2) is 0 Å². The number of Topliss-reactive ketones (excluding diaryl/α,β-unsaturated/α-hetero) is 1. The molecule has 0 fully saturated rings. The van der Waals surface area contributed by atoms with Gasteiger partial charge in [-0.05, 0) is 38.2 Å². The molecule has 1 atom stereocenters. The van der Waals surface area contributed by atoms with Crippen LogP contribution in [0.15, 0.2) is 42.5 Å². The van der Waals surface area contributed by atoms with E-state index in [1.54, 1.807) is 12.1 Å². The molecular formula is C19H23ClN2O2S. The van der Waals surface area contributed by atoms with Crippen LogP contribution in [0.1, 0.15) is 28.1 Å². The first kappa shape index (κ1) is 19.6. The first-order chi connectivity index (χ1) is 12.0. The average Bonchev–Trinajstić information content (AvgIpc) is 3.03. The largest absolute Gasteiger partial charge is 0.355 e. The fourth-order valence-corrected chi connectivity index (χ4v) is 3.47. The number of hydrogen-bond donors (Lipinski definition) is 1. The summed E-state index contributed by atoms with van der Waals surface area (Å²) in [6, 6.07) is 13.8. The zero-order valence-electron chi connectivity index (χ0n) is 14.5. The van der Waals surface area contributed by atoms with Gasteiger partial charge in [-0.15, -0.1) is 11.3 Å². The van der Waals surface area contributed by atoms with Gasteiger partial charge in [0.25, 0.3) is 0 Å².